The summed E-state index contributed by atoms with van der Waals surface area (Å²) < 4.78 is 22.7. The van der Waals surface area contributed by atoms with Crippen molar-refractivity contribution in [3.05, 3.63) is 34.9 Å². The van der Waals surface area contributed by atoms with Gasteiger partial charge in [-0.15, -0.1) is 0 Å². The number of hydrogen-bond acceptors (Lipinski definition) is 3. The van der Waals surface area contributed by atoms with Crippen molar-refractivity contribution in [1.82, 2.24) is 5.32 Å². The van der Waals surface area contributed by atoms with E-state index in [0.717, 1.165) is 18.0 Å². The molecule has 1 saturated carbocycles. The second kappa shape index (κ2) is 6.92. The fourth-order valence-corrected chi connectivity index (χ4v) is 3.12. The lowest BCUT2D eigenvalue weighted by Gasteiger charge is -2.17. The summed E-state index contributed by atoms with van der Waals surface area (Å²) in [5.74, 6) is 0.615. The van der Waals surface area contributed by atoms with Crippen LogP contribution >= 0.6 is 11.6 Å². The lowest BCUT2D eigenvalue weighted by molar-refractivity contribution is 0.457. The Morgan fingerprint density at radius 2 is 1.95 bits per heavy atom. The molecule has 0 spiro atoms. The molecule has 112 valence electrons. The van der Waals surface area contributed by atoms with Crippen LogP contribution in [-0.4, -0.2) is 33.0 Å². The van der Waals surface area contributed by atoms with Crippen LogP contribution in [0.3, 0.4) is 0 Å². The van der Waals surface area contributed by atoms with Crippen LogP contribution in [-0.2, 0) is 16.3 Å². The second-order valence-corrected chi connectivity index (χ2v) is 8.49. The zero-order valence-corrected chi connectivity index (χ0v) is 13.4. The van der Waals surface area contributed by atoms with Crippen LogP contribution in [0.25, 0.3) is 0 Å². The van der Waals surface area contributed by atoms with Crippen LogP contribution in [0.1, 0.15) is 24.8 Å². The van der Waals surface area contributed by atoms with E-state index in [-0.39, 0.29) is 5.75 Å². The molecule has 0 heterocycles. The molecule has 20 heavy (non-hydrogen) atoms. The minimum absolute atomic E-state index is 0.262. The second-order valence-electron chi connectivity index (χ2n) is 5.80. The van der Waals surface area contributed by atoms with E-state index in [0.29, 0.717) is 18.4 Å². The molecule has 1 N–H and O–H groups in total. The van der Waals surface area contributed by atoms with Crippen LogP contribution in [0.15, 0.2) is 24.3 Å². The van der Waals surface area contributed by atoms with Gasteiger partial charge in [-0.05, 0) is 55.8 Å². The van der Waals surface area contributed by atoms with Crippen molar-refractivity contribution in [2.24, 2.45) is 5.92 Å². The molecule has 1 aliphatic rings. The van der Waals surface area contributed by atoms with Crippen molar-refractivity contribution >= 4 is 21.4 Å². The molecule has 3 nitrogen and oxygen atoms in total. The van der Waals surface area contributed by atoms with Crippen molar-refractivity contribution in [2.75, 3.05) is 18.6 Å². The van der Waals surface area contributed by atoms with Crippen molar-refractivity contribution < 1.29 is 8.42 Å². The Hall–Kier alpha value is -0.580. The molecule has 1 fully saturated rings. The number of hydrogen-bond donors (Lipinski definition) is 1. The summed E-state index contributed by atoms with van der Waals surface area (Å²) in [5, 5.41) is 4.24. The molecule has 1 aromatic rings. The molecular formula is C15H22ClNO2S. The first kappa shape index (κ1) is 15.8. The molecule has 0 radical (unpaired) electrons. The number of benzene rings is 1. The largest absolute Gasteiger partial charge is 0.314 e. The molecule has 0 aliphatic heterocycles. The van der Waals surface area contributed by atoms with E-state index in [1.165, 1.54) is 24.7 Å². The molecule has 2 rings (SSSR count). The predicted octanol–water partition coefficient (Wildman–Crippen LogP) is 2.69. The average molecular weight is 316 g/mol. The summed E-state index contributed by atoms with van der Waals surface area (Å²) in [6, 6.07) is 8.47. The van der Waals surface area contributed by atoms with E-state index < -0.39 is 9.84 Å². The van der Waals surface area contributed by atoms with Crippen molar-refractivity contribution in [1.29, 1.82) is 0 Å². The van der Waals surface area contributed by atoms with Gasteiger partial charge >= 0.3 is 0 Å². The van der Waals surface area contributed by atoms with Gasteiger partial charge in [0.05, 0.1) is 5.75 Å². The Bertz CT molecular complexity index is 523. The van der Waals surface area contributed by atoms with Gasteiger partial charge in [0.2, 0.25) is 0 Å². The first-order valence-electron chi connectivity index (χ1n) is 7.08. The van der Waals surface area contributed by atoms with Gasteiger partial charge in [-0.3, -0.25) is 0 Å². The molecular weight excluding hydrogens is 294 g/mol. The minimum atomic E-state index is -2.89. The molecule has 5 heteroatoms. The molecule has 1 aliphatic carbocycles. The normalized spacial score (nSPS) is 17.1. The Balaban J connectivity index is 1.91. The van der Waals surface area contributed by atoms with Crippen molar-refractivity contribution in [2.45, 2.75) is 31.7 Å². The van der Waals surface area contributed by atoms with E-state index in [9.17, 15) is 8.42 Å². The molecule has 0 aromatic heterocycles. The van der Waals surface area contributed by atoms with Gasteiger partial charge in [-0.1, -0.05) is 23.7 Å². The fourth-order valence-electron chi connectivity index (χ4n) is 2.23. The van der Waals surface area contributed by atoms with Crippen LogP contribution in [0.2, 0.25) is 5.02 Å². The van der Waals surface area contributed by atoms with Crippen LogP contribution in [0.4, 0.5) is 0 Å². The molecule has 1 atom stereocenters. The zero-order chi connectivity index (χ0) is 14.6. The summed E-state index contributed by atoms with van der Waals surface area (Å²) in [6.45, 7) is 0.892. The summed E-state index contributed by atoms with van der Waals surface area (Å²) >= 11 is 5.89. The van der Waals surface area contributed by atoms with Gasteiger partial charge in [0.15, 0.2) is 0 Å². The standard InChI is InChI=1S/C15H22ClNO2S/c1-20(18,19)9-8-13(11-17-15-6-7-15)10-12-2-4-14(16)5-3-12/h2-5,13,15,17H,6-11H2,1H3. The lowest BCUT2D eigenvalue weighted by Crippen LogP contribution is -2.27. The third-order valence-corrected chi connectivity index (χ3v) is 4.84. The zero-order valence-electron chi connectivity index (χ0n) is 11.8. The molecule has 0 amide bonds. The average Bonchev–Trinajstić information content (AvgIpc) is 3.18. The van der Waals surface area contributed by atoms with E-state index in [4.69, 9.17) is 11.6 Å². The highest BCUT2D eigenvalue weighted by Crippen LogP contribution is 2.21. The van der Waals surface area contributed by atoms with Gasteiger partial charge in [0.1, 0.15) is 9.84 Å². The SMILES string of the molecule is CS(=O)(=O)CCC(CNC1CC1)Cc1ccc(Cl)cc1. The number of sulfone groups is 1. The molecule has 0 saturated heterocycles. The Kier molecular flexibility index (Phi) is 5.47. The van der Waals surface area contributed by atoms with E-state index in [1.54, 1.807) is 0 Å². The number of halogens is 1. The maximum atomic E-state index is 11.3. The fraction of sp³-hybridized carbons (Fsp3) is 0.600. The Morgan fingerprint density at radius 3 is 2.50 bits per heavy atom. The van der Waals surface area contributed by atoms with E-state index in [1.807, 2.05) is 24.3 Å². The minimum Gasteiger partial charge on any atom is -0.314 e. The number of nitrogens with one attached hydrogen (secondary N) is 1. The number of rotatable bonds is 8. The summed E-state index contributed by atoms with van der Waals surface area (Å²) in [7, 11) is -2.89. The first-order chi connectivity index (χ1) is 9.42. The highest BCUT2D eigenvalue weighted by atomic mass is 35.5. The van der Waals surface area contributed by atoms with Crippen molar-refractivity contribution in [3.63, 3.8) is 0 Å². The lowest BCUT2D eigenvalue weighted by atomic mass is 9.97. The topological polar surface area (TPSA) is 46.2 Å². The van der Waals surface area contributed by atoms with Gasteiger partial charge in [-0.2, -0.15) is 0 Å². The van der Waals surface area contributed by atoms with Crippen molar-refractivity contribution in [3.8, 4) is 0 Å². The smallest absolute Gasteiger partial charge is 0.147 e. The maximum Gasteiger partial charge on any atom is 0.147 e. The Morgan fingerprint density at radius 1 is 1.30 bits per heavy atom. The summed E-state index contributed by atoms with van der Waals surface area (Å²) in [6.07, 6.45) is 5.41. The first-order valence-corrected chi connectivity index (χ1v) is 9.52. The van der Waals surface area contributed by atoms with Gasteiger partial charge in [-0.25, -0.2) is 8.42 Å². The predicted molar refractivity (Wildman–Crippen MR) is 84.0 cm³/mol. The monoisotopic (exact) mass is 315 g/mol. The Labute approximate surface area is 126 Å². The third kappa shape index (κ3) is 6.25. The maximum absolute atomic E-state index is 11.3. The quantitative estimate of drug-likeness (QED) is 0.802. The summed E-state index contributed by atoms with van der Waals surface area (Å²) in [4.78, 5) is 0. The molecule has 1 aromatic carbocycles. The van der Waals surface area contributed by atoms with Gasteiger partial charge in [0, 0.05) is 17.3 Å². The van der Waals surface area contributed by atoms with E-state index in [2.05, 4.69) is 5.32 Å². The van der Waals surface area contributed by atoms with Gasteiger partial charge in [0.25, 0.3) is 0 Å². The molecule has 1 unspecified atom stereocenters. The van der Waals surface area contributed by atoms with E-state index >= 15 is 0 Å². The molecule has 0 bridgehead atoms. The van der Waals surface area contributed by atoms with Gasteiger partial charge < -0.3 is 5.32 Å². The van der Waals surface area contributed by atoms with Crippen LogP contribution in [0.5, 0.6) is 0 Å². The third-order valence-electron chi connectivity index (χ3n) is 3.61. The van der Waals surface area contributed by atoms with Crippen LogP contribution < -0.4 is 5.32 Å². The highest BCUT2D eigenvalue weighted by molar-refractivity contribution is 7.90. The summed E-state index contributed by atoms with van der Waals surface area (Å²) in [5.41, 5.74) is 1.21. The highest BCUT2D eigenvalue weighted by Gasteiger charge is 2.22. The van der Waals surface area contributed by atoms with Crippen LogP contribution in [0, 0.1) is 5.92 Å².